The van der Waals surface area contributed by atoms with Gasteiger partial charge in [0.15, 0.2) is 0 Å². The molecular weight excluding hydrogens is 212 g/mol. The molecule has 0 spiro atoms. The second-order valence-electron chi connectivity index (χ2n) is 5.84. The molecule has 0 aromatic rings. The molecule has 0 heterocycles. The lowest BCUT2D eigenvalue weighted by atomic mass is 9.62. The molecule has 100 valence electrons. The van der Waals surface area contributed by atoms with Gasteiger partial charge in [-0.15, -0.1) is 0 Å². The van der Waals surface area contributed by atoms with Gasteiger partial charge in [0.1, 0.15) is 0 Å². The molecule has 1 atom stereocenters. The average Bonchev–Trinajstić information content (AvgIpc) is 2.25. The Morgan fingerprint density at radius 1 is 1.41 bits per heavy atom. The number of hydrogen-bond donors (Lipinski definition) is 2. The van der Waals surface area contributed by atoms with E-state index in [0.29, 0.717) is 18.4 Å². The average molecular weight is 240 g/mol. The molecule has 3 heteroatoms. The lowest BCUT2D eigenvalue weighted by molar-refractivity contribution is -0.139. The highest BCUT2D eigenvalue weighted by molar-refractivity contribution is 5.84. The third-order valence-corrected chi connectivity index (χ3v) is 4.47. The fourth-order valence-electron chi connectivity index (χ4n) is 3.19. The van der Waals surface area contributed by atoms with Crippen LogP contribution in [0.15, 0.2) is 0 Å². The van der Waals surface area contributed by atoms with Crippen LogP contribution in [-0.2, 0) is 4.79 Å². The molecule has 0 bridgehead atoms. The monoisotopic (exact) mass is 240 g/mol. The number of nitrogens with two attached hydrogens (primary N) is 1. The zero-order chi connectivity index (χ0) is 13.1. The van der Waals surface area contributed by atoms with Crippen LogP contribution in [0.3, 0.4) is 0 Å². The third-order valence-electron chi connectivity index (χ3n) is 4.47. The predicted molar refractivity (Wildman–Crippen MR) is 71.6 cm³/mol. The van der Waals surface area contributed by atoms with Gasteiger partial charge in [-0.2, -0.15) is 0 Å². The Balaban J connectivity index is 2.53. The summed E-state index contributed by atoms with van der Waals surface area (Å²) in [6.07, 6.45) is 4.13. The van der Waals surface area contributed by atoms with Crippen molar-refractivity contribution in [1.29, 1.82) is 0 Å². The van der Waals surface area contributed by atoms with E-state index in [1.54, 1.807) is 0 Å². The van der Waals surface area contributed by atoms with Gasteiger partial charge >= 0.3 is 0 Å². The first kappa shape index (κ1) is 14.5. The van der Waals surface area contributed by atoms with Crippen LogP contribution < -0.4 is 11.1 Å². The fourth-order valence-corrected chi connectivity index (χ4v) is 3.19. The maximum absolute atomic E-state index is 12.3. The SMILES string of the molecule is CCC(CC)C(C)NC(=O)C1(CN)CC(C)C1. The summed E-state index contributed by atoms with van der Waals surface area (Å²) in [7, 11) is 0. The van der Waals surface area contributed by atoms with Crippen LogP contribution in [0.1, 0.15) is 53.4 Å². The molecule has 1 unspecified atom stereocenters. The van der Waals surface area contributed by atoms with Crippen molar-refractivity contribution in [1.82, 2.24) is 5.32 Å². The minimum absolute atomic E-state index is 0.178. The minimum atomic E-state index is -0.264. The molecular formula is C14H28N2O. The van der Waals surface area contributed by atoms with Gasteiger partial charge in [0, 0.05) is 12.6 Å². The molecule has 1 aliphatic carbocycles. The Kier molecular flexibility index (Phi) is 4.99. The Morgan fingerprint density at radius 2 is 1.94 bits per heavy atom. The van der Waals surface area contributed by atoms with E-state index in [2.05, 4.69) is 33.0 Å². The van der Waals surface area contributed by atoms with Gasteiger partial charge in [-0.1, -0.05) is 33.6 Å². The Hall–Kier alpha value is -0.570. The van der Waals surface area contributed by atoms with E-state index in [1.807, 2.05) is 0 Å². The molecule has 1 fully saturated rings. The summed E-state index contributed by atoms with van der Waals surface area (Å²) in [6, 6.07) is 0.261. The molecule has 3 nitrogen and oxygen atoms in total. The van der Waals surface area contributed by atoms with Crippen LogP contribution in [0.25, 0.3) is 0 Å². The Morgan fingerprint density at radius 3 is 2.29 bits per heavy atom. The van der Waals surface area contributed by atoms with Gasteiger partial charge in [0.25, 0.3) is 0 Å². The molecule has 0 radical (unpaired) electrons. The van der Waals surface area contributed by atoms with Crippen LogP contribution in [0.5, 0.6) is 0 Å². The first-order valence-electron chi connectivity index (χ1n) is 7.00. The van der Waals surface area contributed by atoms with Crippen molar-refractivity contribution >= 4 is 5.91 Å². The lowest BCUT2D eigenvalue weighted by Gasteiger charge is -2.45. The summed E-state index contributed by atoms with van der Waals surface area (Å²) in [4.78, 5) is 12.3. The minimum Gasteiger partial charge on any atom is -0.353 e. The summed E-state index contributed by atoms with van der Waals surface area (Å²) in [6.45, 7) is 9.15. The zero-order valence-corrected chi connectivity index (χ0v) is 11.8. The highest BCUT2D eigenvalue weighted by Gasteiger charge is 2.47. The Labute approximate surface area is 106 Å². The summed E-state index contributed by atoms with van der Waals surface area (Å²) < 4.78 is 0. The Bertz CT molecular complexity index is 255. The molecule has 0 aromatic heterocycles. The molecule has 1 saturated carbocycles. The molecule has 0 aliphatic heterocycles. The van der Waals surface area contributed by atoms with E-state index in [9.17, 15) is 4.79 Å². The van der Waals surface area contributed by atoms with E-state index in [4.69, 9.17) is 5.73 Å². The van der Waals surface area contributed by atoms with Crippen LogP contribution in [0, 0.1) is 17.3 Å². The van der Waals surface area contributed by atoms with E-state index in [0.717, 1.165) is 25.7 Å². The molecule has 17 heavy (non-hydrogen) atoms. The zero-order valence-electron chi connectivity index (χ0n) is 11.8. The number of nitrogens with one attached hydrogen (secondary N) is 1. The molecule has 3 N–H and O–H groups in total. The van der Waals surface area contributed by atoms with Crippen molar-refractivity contribution in [3.05, 3.63) is 0 Å². The molecule has 1 rings (SSSR count). The lowest BCUT2D eigenvalue weighted by Crippen LogP contribution is -2.55. The molecule has 1 aliphatic rings. The van der Waals surface area contributed by atoms with Crippen LogP contribution in [-0.4, -0.2) is 18.5 Å². The van der Waals surface area contributed by atoms with Crippen molar-refractivity contribution in [3.8, 4) is 0 Å². The fraction of sp³-hybridized carbons (Fsp3) is 0.929. The number of hydrogen-bond acceptors (Lipinski definition) is 2. The second-order valence-corrected chi connectivity index (χ2v) is 5.84. The van der Waals surface area contributed by atoms with Gasteiger partial charge in [-0.3, -0.25) is 4.79 Å². The molecule has 0 aromatic carbocycles. The second kappa shape index (κ2) is 5.85. The van der Waals surface area contributed by atoms with E-state index < -0.39 is 0 Å². The summed E-state index contributed by atoms with van der Waals surface area (Å²) in [5.74, 6) is 1.40. The maximum atomic E-state index is 12.3. The quantitative estimate of drug-likeness (QED) is 0.748. The predicted octanol–water partition coefficient (Wildman–Crippen LogP) is 2.30. The maximum Gasteiger partial charge on any atom is 0.227 e. The van der Waals surface area contributed by atoms with Crippen molar-refractivity contribution in [2.24, 2.45) is 23.0 Å². The van der Waals surface area contributed by atoms with Crippen LogP contribution >= 0.6 is 0 Å². The first-order valence-corrected chi connectivity index (χ1v) is 7.00. The van der Waals surface area contributed by atoms with Gasteiger partial charge in [-0.25, -0.2) is 0 Å². The van der Waals surface area contributed by atoms with Crippen LogP contribution in [0.4, 0.5) is 0 Å². The topological polar surface area (TPSA) is 55.1 Å². The standard InChI is InChI=1S/C14H28N2O/c1-5-12(6-2)11(4)16-13(17)14(9-15)7-10(3)8-14/h10-12H,5-9,15H2,1-4H3,(H,16,17). The summed E-state index contributed by atoms with van der Waals surface area (Å²) in [5.41, 5.74) is 5.52. The number of carbonyl (C=O) groups is 1. The van der Waals surface area contributed by atoms with Crippen molar-refractivity contribution < 1.29 is 4.79 Å². The summed E-state index contributed by atoms with van der Waals surface area (Å²) in [5, 5.41) is 3.18. The van der Waals surface area contributed by atoms with Crippen molar-refractivity contribution in [2.75, 3.05) is 6.54 Å². The van der Waals surface area contributed by atoms with Gasteiger partial charge in [0.05, 0.1) is 5.41 Å². The largest absolute Gasteiger partial charge is 0.353 e. The number of amides is 1. The first-order chi connectivity index (χ1) is 7.99. The number of carbonyl (C=O) groups excluding carboxylic acids is 1. The van der Waals surface area contributed by atoms with Crippen molar-refractivity contribution in [2.45, 2.75) is 59.4 Å². The van der Waals surface area contributed by atoms with E-state index in [1.165, 1.54) is 0 Å². The van der Waals surface area contributed by atoms with Crippen molar-refractivity contribution in [3.63, 3.8) is 0 Å². The number of rotatable bonds is 6. The highest BCUT2D eigenvalue weighted by atomic mass is 16.2. The molecule has 0 saturated heterocycles. The summed E-state index contributed by atoms with van der Waals surface area (Å²) >= 11 is 0. The molecule has 1 amide bonds. The highest BCUT2D eigenvalue weighted by Crippen LogP contribution is 2.44. The van der Waals surface area contributed by atoms with Gasteiger partial charge in [-0.05, 0) is 31.6 Å². The van der Waals surface area contributed by atoms with Gasteiger partial charge in [0.2, 0.25) is 5.91 Å². The van der Waals surface area contributed by atoms with E-state index in [-0.39, 0.29) is 17.4 Å². The third kappa shape index (κ3) is 3.01. The van der Waals surface area contributed by atoms with E-state index >= 15 is 0 Å². The normalized spacial score (nSPS) is 29.9. The smallest absolute Gasteiger partial charge is 0.227 e. The van der Waals surface area contributed by atoms with Crippen LogP contribution in [0.2, 0.25) is 0 Å². The van der Waals surface area contributed by atoms with Gasteiger partial charge < -0.3 is 11.1 Å².